The van der Waals surface area contributed by atoms with Gasteiger partial charge in [-0.1, -0.05) is 12.1 Å². The van der Waals surface area contributed by atoms with Crippen LogP contribution in [-0.4, -0.2) is 13.1 Å². The highest BCUT2D eigenvalue weighted by Crippen LogP contribution is 2.35. The topological polar surface area (TPSA) is 12.0 Å². The SMILES string of the molecule is Fc1c(C2CCCNC2)cccc1C(F)(F)F. The van der Waals surface area contributed by atoms with Crippen molar-refractivity contribution in [3.8, 4) is 0 Å². The Morgan fingerprint density at radius 1 is 1.24 bits per heavy atom. The number of hydrogen-bond donors (Lipinski definition) is 1. The summed E-state index contributed by atoms with van der Waals surface area (Å²) in [7, 11) is 0. The van der Waals surface area contributed by atoms with Crippen molar-refractivity contribution in [2.24, 2.45) is 0 Å². The molecule has 0 amide bonds. The maximum Gasteiger partial charge on any atom is 0.419 e. The fourth-order valence-corrected chi connectivity index (χ4v) is 2.20. The van der Waals surface area contributed by atoms with Crippen molar-refractivity contribution in [2.75, 3.05) is 13.1 Å². The second-order valence-electron chi connectivity index (χ2n) is 4.25. The fourth-order valence-electron chi connectivity index (χ4n) is 2.20. The van der Waals surface area contributed by atoms with Crippen LogP contribution < -0.4 is 5.32 Å². The summed E-state index contributed by atoms with van der Waals surface area (Å²) < 4.78 is 51.4. The zero-order valence-electron chi connectivity index (χ0n) is 9.15. The van der Waals surface area contributed by atoms with E-state index in [0.29, 0.717) is 6.54 Å². The second kappa shape index (κ2) is 4.64. The van der Waals surface area contributed by atoms with Gasteiger partial charge in [0.2, 0.25) is 0 Å². The van der Waals surface area contributed by atoms with Crippen LogP contribution in [0.1, 0.15) is 29.9 Å². The van der Waals surface area contributed by atoms with Crippen LogP contribution in [0.25, 0.3) is 0 Å². The van der Waals surface area contributed by atoms with E-state index in [2.05, 4.69) is 5.32 Å². The summed E-state index contributed by atoms with van der Waals surface area (Å²) in [6.45, 7) is 1.38. The standard InChI is InChI=1S/C12H13F4N/c13-11-9(8-3-2-6-17-7-8)4-1-5-10(11)12(14,15)16/h1,4-5,8,17H,2-3,6-7H2. The first-order valence-corrected chi connectivity index (χ1v) is 5.56. The molecule has 17 heavy (non-hydrogen) atoms. The summed E-state index contributed by atoms with van der Waals surface area (Å²) in [4.78, 5) is 0. The van der Waals surface area contributed by atoms with Crippen molar-refractivity contribution in [3.63, 3.8) is 0 Å². The van der Waals surface area contributed by atoms with Gasteiger partial charge in [-0.05, 0) is 36.9 Å². The number of piperidine rings is 1. The van der Waals surface area contributed by atoms with Crippen LogP contribution in [0, 0.1) is 5.82 Å². The summed E-state index contributed by atoms with van der Waals surface area (Å²) in [5.74, 6) is -1.28. The average molecular weight is 247 g/mol. The summed E-state index contributed by atoms with van der Waals surface area (Å²) >= 11 is 0. The minimum absolute atomic E-state index is 0.161. The van der Waals surface area contributed by atoms with Gasteiger partial charge in [-0.3, -0.25) is 0 Å². The largest absolute Gasteiger partial charge is 0.419 e. The van der Waals surface area contributed by atoms with Crippen molar-refractivity contribution >= 4 is 0 Å². The van der Waals surface area contributed by atoms with E-state index >= 15 is 0 Å². The third-order valence-electron chi connectivity index (χ3n) is 3.07. The van der Waals surface area contributed by atoms with Gasteiger partial charge in [0.1, 0.15) is 5.82 Å². The molecule has 1 fully saturated rings. The van der Waals surface area contributed by atoms with Gasteiger partial charge in [-0.15, -0.1) is 0 Å². The Labute approximate surface area is 96.8 Å². The highest BCUT2D eigenvalue weighted by Gasteiger charge is 2.35. The molecule has 1 heterocycles. The van der Waals surface area contributed by atoms with Crippen LogP contribution in [0.3, 0.4) is 0 Å². The lowest BCUT2D eigenvalue weighted by Gasteiger charge is -2.24. The molecule has 1 unspecified atom stereocenters. The summed E-state index contributed by atoms with van der Waals surface area (Å²) in [5, 5.41) is 3.07. The van der Waals surface area contributed by atoms with Crippen molar-refractivity contribution in [1.82, 2.24) is 5.32 Å². The van der Waals surface area contributed by atoms with Crippen molar-refractivity contribution in [3.05, 3.63) is 35.1 Å². The van der Waals surface area contributed by atoms with Crippen LogP contribution in [0.2, 0.25) is 0 Å². The molecule has 1 aliphatic heterocycles. The minimum atomic E-state index is -4.62. The van der Waals surface area contributed by atoms with Gasteiger partial charge < -0.3 is 5.32 Å². The molecule has 0 saturated carbocycles. The van der Waals surface area contributed by atoms with Crippen molar-refractivity contribution < 1.29 is 17.6 Å². The van der Waals surface area contributed by atoms with Gasteiger partial charge in [-0.2, -0.15) is 13.2 Å². The zero-order chi connectivity index (χ0) is 12.5. The maximum absolute atomic E-state index is 13.8. The number of rotatable bonds is 1. The lowest BCUT2D eigenvalue weighted by molar-refractivity contribution is -0.140. The zero-order valence-corrected chi connectivity index (χ0v) is 9.15. The average Bonchev–Trinajstić information content (AvgIpc) is 2.29. The van der Waals surface area contributed by atoms with Crippen LogP contribution in [0.5, 0.6) is 0 Å². The quantitative estimate of drug-likeness (QED) is 0.751. The number of benzene rings is 1. The molecule has 1 atom stereocenters. The van der Waals surface area contributed by atoms with E-state index in [-0.39, 0.29) is 11.5 Å². The Kier molecular flexibility index (Phi) is 3.38. The summed E-state index contributed by atoms with van der Waals surface area (Å²) in [6, 6.07) is 3.51. The lowest BCUT2D eigenvalue weighted by atomic mass is 9.90. The predicted molar refractivity (Wildman–Crippen MR) is 56.2 cm³/mol. The Hall–Kier alpha value is -1.10. The van der Waals surface area contributed by atoms with Crippen LogP contribution in [0.15, 0.2) is 18.2 Å². The molecule has 1 nitrogen and oxygen atoms in total. The smallest absolute Gasteiger partial charge is 0.316 e. The van der Waals surface area contributed by atoms with E-state index in [9.17, 15) is 17.6 Å². The molecule has 0 spiro atoms. The molecule has 1 aliphatic rings. The maximum atomic E-state index is 13.8. The first-order chi connectivity index (χ1) is 8.00. The first kappa shape index (κ1) is 12.4. The van der Waals surface area contributed by atoms with Crippen molar-refractivity contribution in [1.29, 1.82) is 0 Å². The normalized spacial score (nSPS) is 21.5. The molecule has 0 bridgehead atoms. The molecule has 1 saturated heterocycles. The van der Waals surface area contributed by atoms with E-state index in [4.69, 9.17) is 0 Å². The van der Waals surface area contributed by atoms with Gasteiger partial charge in [0.25, 0.3) is 0 Å². The Morgan fingerprint density at radius 2 is 2.00 bits per heavy atom. The van der Waals surface area contributed by atoms with Gasteiger partial charge >= 0.3 is 6.18 Å². The van der Waals surface area contributed by atoms with Crippen molar-refractivity contribution in [2.45, 2.75) is 24.9 Å². The second-order valence-corrected chi connectivity index (χ2v) is 4.25. The van der Waals surface area contributed by atoms with E-state index in [1.54, 1.807) is 0 Å². The molecule has 2 rings (SSSR count). The van der Waals surface area contributed by atoms with Gasteiger partial charge in [0.05, 0.1) is 5.56 Å². The Balaban J connectivity index is 2.35. The Morgan fingerprint density at radius 3 is 2.59 bits per heavy atom. The summed E-state index contributed by atoms with van der Waals surface area (Å²) in [5.41, 5.74) is -0.993. The molecule has 0 aromatic heterocycles. The molecule has 0 aliphatic carbocycles. The molecule has 1 aromatic rings. The molecule has 1 aromatic carbocycles. The van der Waals surface area contributed by atoms with E-state index < -0.39 is 17.6 Å². The highest BCUT2D eigenvalue weighted by molar-refractivity contribution is 5.31. The van der Waals surface area contributed by atoms with Gasteiger partial charge in [-0.25, -0.2) is 4.39 Å². The highest BCUT2D eigenvalue weighted by atomic mass is 19.4. The molecule has 0 radical (unpaired) electrons. The van der Waals surface area contributed by atoms with E-state index in [1.807, 2.05) is 0 Å². The van der Waals surface area contributed by atoms with E-state index in [1.165, 1.54) is 12.1 Å². The first-order valence-electron chi connectivity index (χ1n) is 5.56. The predicted octanol–water partition coefficient (Wildman–Crippen LogP) is 3.31. The van der Waals surface area contributed by atoms with Crippen LogP contribution >= 0.6 is 0 Å². The molecule has 94 valence electrons. The number of nitrogens with one attached hydrogen (secondary N) is 1. The fraction of sp³-hybridized carbons (Fsp3) is 0.500. The van der Waals surface area contributed by atoms with Gasteiger partial charge in [0.15, 0.2) is 0 Å². The number of halogens is 4. The summed E-state index contributed by atoms with van der Waals surface area (Å²) in [6.07, 6.45) is -3.03. The third-order valence-corrected chi connectivity index (χ3v) is 3.07. The minimum Gasteiger partial charge on any atom is -0.316 e. The molecular formula is C12H13F4N. The molecule has 1 N–H and O–H groups in total. The number of alkyl halides is 3. The molecule has 5 heteroatoms. The third kappa shape index (κ3) is 2.60. The van der Waals surface area contributed by atoms with Crippen LogP contribution in [0.4, 0.5) is 17.6 Å². The van der Waals surface area contributed by atoms with E-state index in [0.717, 1.165) is 25.5 Å². The number of hydrogen-bond acceptors (Lipinski definition) is 1. The lowest BCUT2D eigenvalue weighted by Crippen LogP contribution is -2.29. The van der Waals surface area contributed by atoms with Crippen LogP contribution in [-0.2, 0) is 6.18 Å². The Bertz CT molecular complexity index is 394. The monoisotopic (exact) mass is 247 g/mol. The molecular weight excluding hydrogens is 234 g/mol. The van der Waals surface area contributed by atoms with Gasteiger partial charge in [0, 0.05) is 6.54 Å².